The molecule has 88 valence electrons. The average Bonchev–Trinajstić information content (AvgIpc) is 2.13. The van der Waals surface area contributed by atoms with E-state index in [1.807, 2.05) is 0 Å². The minimum Gasteiger partial charge on any atom is -0.0596 e. The van der Waals surface area contributed by atoms with Gasteiger partial charge in [0.15, 0.2) is 0 Å². The molecule has 0 spiro atoms. The molecule has 0 N–H and O–H groups in total. The van der Waals surface area contributed by atoms with Gasteiger partial charge in [-0.3, -0.25) is 0 Å². The highest BCUT2D eigenvalue weighted by Gasteiger charge is 2.26. The number of benzene rings is 1. The lowest BCUT2D eigenvalue weighted by atomic mass is 9.73. The molecule has 0 heteroatoms. The summed E-state index contributed by atoms with van der Waals surface area (Å²) in [7, 11) is 0. The van der Waals surface area contributed by atoms with Crippen molar-refractivity contribution >= 4 is 0 Å². The monoisotopic (exact) mass is 216 g/mol. The van der Waals surface area contributed by atoms with Gasteiger partial charge >= 0.3 is 0 Å². The zero-order chi connectivity index (χ0) is 12.0. The van der Waals surface area contributed by atoms with E-state index in [2.05, 4.69) is 52.8 Å². The second-order valence-corrected chi connectivity index (χ2v) is 7.07. The summed E-state index contributed by atoms with van der Waals surface area (Å²) in [6.45, 7) is 11.7. The Morgan fingerprint density at radius 2 is 1.75 bits per heavy atom. The van der Waals surface area contributed by atoms with Crippen LogP contribution in [0.15, 0.2) is 18.2 Å². The van der Waals surface area contributed by atoms with Gasteiger partial charge in [-0.1, -0.05) is 52.8 Å². The maximum absolute atomic E-state index is 2.44. The molecule has 16 heavy (non-hydrogen) atoms. The lowest BCUT2D eigenvalue weighted by molar-refractivity contribution is 0.315. The smallest absolute Gasteiger partial charge is 0.0132 e. The molecule has 0 fully saturated rings. The Balaban J connectivity index is 2.39. The van der Waals surface area contributed by atoms with E-state index in [4.69, 9.17) is 0 Å². The van der Waals surface area contributed by atoms with Crippen molar-refractivity contribution < 1.29 is 0 Å². The van der Waals surface area contributed by atoms with Crippen LogP contribution in [0, 0.1) is 5.41 Å². The van der Waals surface area contributed by atoms with E-state index in [0.717, 1.165) is 0 Å². The van der Waals surface area contributed by atoms with E-state index in [1.165, 1.54) is 24.8 Å². The molecular formula is C16H24. The summed E-state index contributed by atoms with van der Waals surface area (Å²) in [4.78, 5) is 0. The van der Waals surface area contributed by atoms with Gasteiger partial charge in [-0.15, -0.1) is 0 Å². The van der Waals surface area contributed by atoms with E-state index < -0.39 is 0 Å². The van der Waals surface area contributed by atoms with E-state index >= 15 is 0 Å². The van der Waals surface area contributed by atoms with E-state index in [0.29, 0.717) is 5.41 Å². The van der Waals surface area contributed by atoms with Gasteiger partial charge in [-0.2, -0.15) is 0 Å². The highest BCUT2D eigenvalue weighted by atomic mass is 14.3. The van der Waals surface area contributed by atoms with E-state index in [1.54, 1.807) is 11.1 Å². The first-order valence-electron chi connectivity index (χ1n) is 6.40. The van der Waals surface area contributed by atoms with Crippen molar-refractivity contribution in [1.29, 1.82) is 0 Å². The fourth-order valence-electron chi connectivity index (χ4n) is 2.58. The zero-order valence-corrected chi connectivity index (χ0v) is 11.4. The van der Waals surface area contributed by atoms with Gasteiger partial charge in [0.1, 0.15) is 0 Å². The number of hydrogen-bond donors (Lipinski definition) is 0. The van der Waals surface area contributed by atoms with Crippen molar-refractivity contribution in [2.75, 3.05) is 0 Å². The summed E-state index contributed by atoms with van der Waals surface area (Å²) >= 11 is 0. The number of hydrogen-bond acceptors (Lipinski definition) is 0. The molecule has 0 amide bonds. The molecule has 0 atom stereocenters. The van der Waals surface area contributed by atoms with Crippen LogP contribution >= 0.6 is 0 Å². The maximum atomic E-state index is 2.44. The molecule has 1 aromatic rings. The Morgan fingerprint density at radius 3 is 2.38 bits per heavy atom. The standard InChI is InChI=1S/C16H24/c1-15(2,3)14-7-6-12-8-9-16(4,5)11-13(12)10-14/h6-7,10H,8-9,11H2,1-5H3. The summed E-state index contributed by atoms with van der Waals surface area (Å²) in [6.07, 6.45) is 3.83. The largest absolute Gasteiger partial charge is 0.0596 e. The Bertz CT molecular complexity index is 391. The van der Waals surface area contributed by atoms with Crippen LogP contribution in [-0.2, 0) is 18.3 Å². The van der Waals surface area contributed by atoms with Gasteiger partial charge in [0.2, 0.25) is 0 Å². The van der Waals surface area contributed by atoms with Crippen molar-refractivity contribution in [1.82, 2.24) is 0 Å². The molecule has 0 heterocycles. The third-order valence-corrected chi connectivity index (χ3v) is 3.81. The number of aryl methyl sites for hydroxylation is 1. The van der Waals surface area contributed by atoms with Crippen LogP contribution in [0.5, 0.6) is 0 Å². The van der Waals surface area contributed by atoms with E-state index in [-0.39, 0.29) is 5.41 Å². The number of fused-ring (bicyclic) bond motifs is 1. The minimum absolute atomic E-state index is 0.274. The van der Waals surface area contributed by atoms with Crippen LogP contribution in [0.3, 0.4) is 0 Å². The fraction of sp³-hybridized carbons (Fsp3) is 0.625. The summed E-state index contributed by atoms with van der Waals surface area (Å²) in [5.41, 5.74) is 5.40. The second-order valence-electron chi connectivity index (χ2n) is 7.07. The van der Waals surface area contributed by atoms with Gasteiger partial charge in [0, 0.05) is 0 Å². The normalized spacial score (nSPS) is 19.3. The number of rotatable bonds is 0. The molecule has 0 unspecified atom stereocenters. The Hall–Kier alpha value is -0.780. The highest BCUT2D eigenvalue weighted by Crippen LogP contribution is 2.36. The molecule has 0 aliphatic heterocycles. The van der Waals surface area contributed by atoms with Crippen molar-refractivity contribution in [3.05, 3.63) is 34.9 Å². The Kier molecular flexibility index (Phi) is 2.64. The quantitative estimate of drug-likeness (QED) is 0.599. The Morgan fingerprint density at radius 1 is 1.06 bits per heavy atom. The molecule has 0 saturated carbocycles. The van der Waals surface area contributed by atoms with Gasteiger partial charge in [0.25, 0.3) is 0 Å². The summed E-state index contributed by atoms with van der Waals surface area (Å²) in [5.74, 6) is 0. The van der Waals surface area contributed by atoms with Crippen molar-refractivity contribution in [3.8, 4) is 0 Å². The molecule has 1 aromatic carbocycles. The molecule has 0 bridgehead atoms. The van der Waals surface area contributed by atoms with Crippen molar-refractivity contribution in [2.24, 2.45) is 5.41 Å². The van der Waals surface area contributed by atoms with Gasteiger partial charge in [-0.25, -0.2) is 0 Å². The molecule has 0 aromatic heterocycles. The zero-order valence-electron chi connectivity index (χ0n) is 11.4. The fourth-order valence-corrected chi connectivity index (χ4v) is 2.58. The topological polar surface area (TPSA) is 0 Å². The van der Waals surface area contributed by atoms with Crippen LogP contribution in [-0.4, -0.2) is 0 Å². The van der Waals surface area contributed by atoms with Crippen molar-refractivity contribution in [2.45, 2.75) is 59.3 Å². The van der Waals surface area contributed by atoms with Gasteiger partial charge in [-0.05, 0) is 46.8 Å². The molecule has 1 aliphatic carbocycles. The summed E-state index contributed by atoms with van der Waals surface area (Å²) in [6, 6.07) is 7.11. The molecule has 0 radical (unpaired) electrons. The SMILES string of the molecule is CC1(C)CCc2ccc(C(C)(C)C)cc2C1. The van der Waals surface area contributed by atoms with E-state index in [9.17, 15) is 0 Å². The lowest BCUT2D eigenvalue weighted by Crippen LogP contribution is -2.23. The molecule has 0 nitrogen and oxygen atoms in total. The van der Waals surface area contributed by atoms with Crippen LogP contribution in [0.1, 0.15) is 57.7 Å². The predicted molar refractivity (Wildman–Crippen MR) is 70.9 cm³/mol. The van der Waals surface area contributed by atoms with Gasteiger partial charge < -0.3 is 0 Å². The minimum atomic E-state index is 0.274. The average molecular weight is 216 g/mol. The first kappa shape index (κ1) is 11.7. The first-order chi connectivity index (χ1) is 7.28. The predicted octanol–water partition coefficient (Wildman–Crippen LogP) is 4.50. The Labute approximate surface area is 100 Å². The highest BCUT2D eigenvalue weighted by molar-refractivity contribution is 5.37. The summed E-state index contributed by atoms with van der Waals surface area (Å²) in [5, 5.41) is 0. The molecule has 1 aliphatic rings. The van der Waals surface area contributed by atoms with Crippen LogP contribution < -0.4 is 0 Å². The third kappa shape index (κ3) is 2.31. The van der Waals surface area contributed by atoms with Crippen molar-refractivity contribution in [3.63, 3.8) is 0 Å². The van der Waals surface area contributed by atoms with Crippen LogP contribution in [0.2, 0.25) is 0 Å². The summed E-state index contributed by atoms with van der Waals surface area (Å²) < 4.78 is 0. The van der Waals surface area contributed by atoms with Crippen LogP contribution in [0.4, 0.5) is 0 Å². The lowest BCUT2D eigenvalue weighted by Gasteiger charge is -2.32. The molecular weight excluding hydrogens is 192 g/mol. The van der Waals surface area contributed by atoms with Gasteiger partial charge in [0.05, 0.1) is 0 Å². The molecule has 0 saturated heterocycles. The van der Waals surface area contributed by atoms with Crippen LogP contribution in [0.25, 0.3) is 0 Å². The maximum Gasteiger partial charge on any atom is -0.0132 e. The first-order valence-corrected chi connectivity index (χ1v) is 6.40. The third-order valence-electron chi connectivity index (χ3n) is 3.81. The molecule has 2 rings (SSSR count). The second kappa shape index (κ2) is 3.61.